The first-order chi connectivity index (χ1) is 13.8. The molecule has 0 amide bonds. The number of anilines is 1. The first kappa shape index (κ1) is 18.4. The van der Waals surface area contributed by atoms with E-state index in [0.717, 1.165) is 37.7 Å². The molecule has 8 nitrogen and oxygen atoms in total. The molecule has 1 aromatic heterocycles. The molecule has 4 rings (SSSR count). The molecule has 0 spiro atoms. The monoisotopic (exact) mass is 380 g/mol. The van der Waals surface area contributed by atoms with Gasteiger partial charge < -0.3 is 14.8 Å². The van der Waals surface area contributed by atoms with Crippen LogP contribution in [-0.2, 0) is 4.74 Å². The summed E-state index contributed by atoms with van der Waals surface area (Å²) in [4.78, 5) is 2.43. The molecule has 8 heteroatoms. The molecule has 1 fully saturated rings. The van der Waals surface area contributed by atoms with Gasteiger partial charge in [-0.25, -0.2) is 0 Å². The van der Waals surface area contributed by atoms with E-state index >= 15 is 0 Å². The zero-order valence-electron chi connectivity index (χ0n) is 15.9. The molecule has 1 atom stereocenters. The number of methoxy groups -OCH3 is 1. The normalized spacial score (nSPS) is 15.9. The van der Waals surface area contributed by atoms with Gasteiger partial charge in [0.05, 0.1) is 32.1 Å². The van der Waals surface area contributed by atoms with E-state index in [2.05, 4.69) is 37.9 Å². The first-order valence-electron chi connectivity index (χ1n) is 9.38. The lowest BCUT2D eigenvalue weighted by molar-refractivity contribution is 0.0186. The zero-order chi connectivity index (χ0) is 19.2. The molecule has 1 saturated heterocycles. The Balaban J connectivity index is 1.54. The molecule has 1 aliphatic rings. The average molecular weight is 380 g/mol. The molecule has 1 N–H and O–H groups in total. The van der Waals surface area contributed by atoms with Crippen LogP contribution in [-0.4, -0.2) is 65.1 Å². The predicted molar refractivity (Wildman–Crippen MR) is 106 cm³/mol. The van der Waals surface area contributed by atoms with E-state index in [-0.39, 0.29) is 6.04 Å². The van der Waals surface area contributed by atoms with Crippen LogP contribution in [0.1, 0.15) is 11.6 Å². The number of aromatic nitrogens is 4. The van der Waals surface area contributed by atoms with Gasteiger partial charge in [-0.05, 0) is 40.3 Å². The molecular formula is C20H24N6O2. The van der Waals surface area contributed by atoms with E-state index in [4.69, 9.17) is 9.47 Å². The highest BCUT2D eigenvalue weighted by Gasteiger charge is 2.23. The lowest BCUT2D eigenvalue weighted by Crippen LogP contribution is -2.41. The number of tetrazole rings is 1. The minimum absolute atomic E-state index is 0.177. The number of nitrogens with zero attached hydrogens (tertiary/aromatic N) is 5. The van der Waals surface area contributed by atoms with Crippen molar-refractivity contribution >= 4 is 5.95 Å². The molecule has 0 saturated carbocycles. The van der Waals surface area contributed by atoms with Crippen LogP contribution in [0.2, 0.25) is 0 Å². The minimum Gasteiger partial charge on any atom is -0.497 e. The molecule has 0 radical (unpaired) electrons. The Morgan fingerprint density at radius 3 is 2.54 bits per heavy atom. The molecule has 0 aliphatic carbocycles. The Kier molecular flexibility index (Phi) is 5.79. The van der Waals surface area contributed by atoms with Gasteiger partial charge in [0.1, 0.15) is 5.75 Å². The highest BCUT2D eigenvalue weighted by Crippen LogP contribution is 2.25. The van der Waals surface area contributed by atoms with Gasteiger partial charge in [0.25, 0.3) is 0 Å². The van der Waals surface area contributed by atoms with Crippen molar-refractivity contribution < 1.29 is 9.47 Å². The fourth-order valence-corrected chi connectivity index (χ4v) is 3.40. The molecule has 0 unspecified atom stereocenters. The van der Waals surface area contributed by atoms with E-state index < -0.39 is 0 Å². The van der Waals surface area contributed by atoms with Crippen LogP contribution in [0.15, 0.2) is 54.6 Å². The summed E-state index contributed by atoms with van der Waals surface area (Å²) in [6.07, 6.45) is 0. The second-order valence-corrected chi connectivity index (χ2v) is 6.57. The quantitative estimate of drug-likeness (QED) is 0.673. The zero-order valence-corrected chi connectivity index (χ0v) is 15.9. The summed E-state index contributed by atoms with van der Waals surface area (Å²) in [6.45, 7) is 3.95. The summed E-state index contributed by atoms with van der Waals surface area (Å²) in [5.41, 5.74) is 2.14. The van der Waals surface area contributed by atoms with E-state index in [1.807, 2.05) is 42.5 Å². The number of morpholine rings is 1. The number of rotatable bonds is 7. The van der Waals surface area contributed by atoms with E-state index in [9.17, 15) is 0 Å². The maximum Gasteiger partial charge on any atom is 0.247 e. The van der Waals surface area contributed by atoms with Gasteiger partial charge in [-0.15, -0.1) is 0 Å². The van der Waals surface area contributed by atoms with Crippen LogP contribution >= 0.6 is 0 Å². The van der Waals surface area contributed by atoms with Crippen LogP contribution in [0.4, 0.5) is 5.95 Å². The SMILES string of the molecule is COc1ccc([C@@H](CNc2nnnn2-c2ccccc2)N2CCOCC2)cc1. The van der Waals surface area contributed by atoms with Crippen LogP contribution in [0.5, 0.6) is 5.75 Å². The van der Waals surface area contributed by atoms with E-state index in [1.54, 1.807) is 11.8 Å². The summed E-state index contributed by atoms with van der Waals surface area (Å²) in [6, 6.07) is 18.3. The van der Waals surface area contributed by atoms with Gasteiger partial charge in [0.2, 0.25) is 5.95 Å². The first-order valence-corrected chi connectivity index (χ1v) is 9.38. The van der Waals surface area contributed by atoms with Crippen LogP contribution in [0.25, 0.3) is 5.69 Å². The predicted octanol–water partition coefficient (Wildman–Crippen LogP) is 2.16. The fourth-order valence-electron chi connectivity index (χ4n) is 3.40. The van der Waals surface area contributed by atoms with Crippen molar-refractivity contribution in [3.8, 4) is 11.4 Å². The van der Waals surface area contributed by atoms with Crippen molar-refractivity contribution in [2.24, 2.45) is 0 Å². The van der Waals surface area contributed by atoms with Crippen LogP contribution in [0, 0.1) is 0 Å². The topological polar surface area (TPSA) is 77.3 Å². The maximum atomic E-state index is 5.53. The molecule has 2 heterocycles. The van der Waals surface area contributed by atoms with Crippen molar-refractivity contribution in [1.29, 1.82) is 0 Å². The lowest BCUT2D eigenvalue weighted by Gasteiger charge is -2.35. The smallest absolute Gasteiger partial charge is 0.247 e. The number of benzene rings is 2. The lowest BCUT2D eigenvalue weighted by atomic mass is 10.0. The van der Waals surface area contributed by atoms with Gasteiger partial charge in [-0.2, -0.15) is 4.68 Å². The number of nitrogens with one attached hydrogen (secondary N) is 1. The number of para-hydroxylation sites is 1. The highest BCUT2D eigenvalue weighted by molar-refractivity contribution is 5.39. The molecule has 1 aliphatic heterocycles. The molecule has 2 aromatic carbocycles. The third-order valence-corrected chi connectivity index (χ3v) is 4.91. The largest absolute Gasteiger partial charge is 0.497 e. The Hall–Kier alpha value is -2.97. The van der Waals surface area contributed by atoms with E-state index in [1.165, 1.54) is 5.56 Å². The second kappa shape index (κ2) is 8.81. The Morgan fingerprint density at radius 1 is 1.07 bits per heavy atom. The van der Waals surface area contributed by atoms with E-state index in [0.29, 0.717) is 12.5 Å². The third kappa shape index (κ3) is 4.13. The number of hydrogen-bond acceptors (Lipinski definition) is 7. The third-order valence-electron chi connectivity index (χ3n) is 4.91. The summed E-state index contributed by atoms with van der Waals surface area (Å²) in [5.74, 6) is 1.48. The molecule has 3 aromatic rings. The number of hydrogen-bond donors (Lipinski definition) is 1. The standard InChI is InChI=1S/C20H24N6O2/c1-27-18-9-7-16(8-10-18)19(25-11-13-28-14-12-25)15-21-20-22-23-24-26(20)17-5-3-2-4-6-17/h2-10,19H,11-15H2,1H3,(H,21,22,24)/t19-/m1/s1. The molecule has 146 valence electrons. The summed E-state index contributed by atoms with van der Waals surface area (Å²) in [5, 5.41) is 15.5. The van der Waals surface area contributed by atoms with Gasteiger partial charge >= 0.3 is 0 Å². The van der Waals surface area contributed by atoms with Gasteiger partial charge in [0, 0.05) is 19.6 Å². The fraction of sp³-hybridized carbons (Fsp3) is 0.350. The van der Waals surface area contributed by atoms with Crippen molar-refractivity contribution in [2.45, 2.75) is 6.04 Å². The molecular weight excluding hydrogens is 356 g/mol. The highest BCUT2D eigenvalue weighted by atomic mass is 16.5. The van der Waals surface area contributed by atoms with Crippen molar-refractivity contribution in [3.05, 3.63) is 60.2 Å². The minimum atomic E-state index is 0.177. The van der Waals surface area contributed by atoms with Crippen molar-refractivity contribution in [1.82, 2.24) is 25.1 Å². The molecule has 0 bridgehead atoms. The Labute approximate surface area is 164 Å². The Morgan fingerprint density at radius 2 is 1.82 bits per heavy atom. The van der Waals surface area contributed by atoms with Crippen LogP contribution < -0.4 is 10.1 Å². The summed E-state index contributed by atoms with van der Waals surface area (Å²) >= 11 is 0. The second-order valence-electron chi connectivity index (χ2n) is 6.57. The average Bonchev–Trinajstić information content (AvgIpc) is 3.24. The van der Waals surface area contributed by atoms with Crippen molar-refractivity contribution in [3.63, 3.8) is 0 Å². The molecule has 28 heavy (non-hydrogen) atoms. The Bertz CT molecular complexity index is 862. The summed E-state index contributed by atoms with van der Waals surface area (Å²) < 4.78 is 12.5. The van der Waals surface area contributed by atoms with Gasteiger partial charge in [0.15, 0.2) is 0 Å². The summed E-state index contributed by atoms with van der Waals surface area (Å²) in [7, 11) is 1.68. The van der Waals surface area contributed by atoms with Crippen molar-refractivity contribution in [2.75, 3.05) is 45.3 Å². The van der Waals surface area contributed by atoms with Gasteiger partial charge in [-0.3, -0.25) is 4.90 Å². The van der Waals surface area contributed by atoms with Crippen LogP contribution in [0.3, 0.4) is 0 Å². The number of ether oxygens (including phenoxy) is 2. The van der Waals surface area contributed by atoms with Gasteiger partial charge in [-0.1, -0.05) is 35.4 Å². The maximum absolute atomic E-state index is 5.53.